The van der Waals surface area contributed by atoms with Crippen molar-refractivity contribution < 1.29 is 4.74 Å². The molecule has 104 valence electrons. The van der Waals surface area contributed by atoms with Crippen LogP contribution in [0.4, 0.5) is 0 Å². The minimum atomic E-state index is 0.254. The Morgan fingerprint density at radius 2 is 2.00 bits per heavy atom. The quantitative estimate of drug-likeness (QED) is 0.699. The topological polar surface area (TPSA) is 12.5 Å². The van der Waals surface area contributed by atoms with Crippen molar-refractivity contribution in [3.8, 4) is 0 Å². The first kappa shape index (κ1) is 14.4. The molecule has 1 heterocycles. The molecule has 0 aromatic carbocycles. The van der Waals surface area contributed by atoms with Gasteiger partial charge in [0.2, 0.25) is 0 Å². The molecule has 0 amide bonds. The van der Waals surface area contributed by atoms with E-state index in [9.17, 15) is 0 Å². The monoisotopic (exact) mass is 251 g/mol. The number of likely N-dealkylation sites (tertiary alicyclic amines) is 1. The van der Waals surface area contributed by atoms with Crippen LogP contribution in [0.25, 0.3) is 0 Å². The first-order valence-corrected chi connectivity index (χ1v) is 7.60. The lowest BCUT2D eigenvalue weighted by atomic mass is 9.60. The Balaban J connectivity index is 2.15. The molecule has 1 aliphatic carbocycles. The number of hydrogen-bond acceptors (Lipinski definition) is 2. The fourth-order valence-electron chi connectivity index (χ4n) is 4.44. The van der Waals surface area contributed by atoms with Crippen LogP contribution < -0.4 is 0 Å². The molecular weight excluding hydrogens is 221 g/mol. The van der Waals surface area contributed by atoms with Crippen LogP contribution in [0.3, 0.4) is 0 Å². The van der Waals surface area contributed by atoms with E-state index in [-0.39, 0.29) is 5.54 Å². The summed E-state index contributed by atoms with van der Waals surface area (Å²) in [6, 6.07) is 0.782. The Kier molecular flexibility index (Phi) is 4.13. The molecule has 2 aliphatic rings. The third-order valence-electron chi connectivity index (χ3n) is 5.47. The molecule has 0 aromatic heterocycles. The number of nitrogens with zero attached hydrogens (tertiary/aromatic N) is 1. The highest BCUT2D eigenvalue weighted by atomic mass is 16.5. The largest absolute Gasteiger partial charge is 0.383 e. The van der Waals surface area contributed by atoms with E-state index in [2.05, 4.69) is 33.6 Å². The van der Waals surface area contributed by atoms with Crippen molar-refractivity contribution in [2.75, 3.05) is 20.8 Å². The predicted octanol–water partition coefficient (Wildman–Crippen LogP) is 2.49. The SMILES string of the molecule is BC1(C)CCCCC2C(C1)CC(C)(COC)N2C. The van der Waals surface area contributed by atoms with Gasteiger partial charge in [-0.15, -0.1) is 0 Å². The van der Waals surface area contributed by atoms with E-state index < -0.39 is 0 Å². The van der Waals surface area contributed by atoms with Gasteiger partial charge >= 0.3 is 0 Å². The van der Waals surface area contributed by atoms with E-state index in [4.69, 9.17) is 4.74 Å². The van der Waals surface area contributed by atoms with Crippen molar-refractivity contribution in [2.24, 2.45) is 5.92 Å². The zero-order valence-electron chi connectivity index (χ0n) is 13.0. The molecule has 2 fully saturated rings. The molecule has 2 rings (SSSR count). The molecule has 0 N–H and O–H groups in total. The van der Waals surface area contributed by atoms with Gasteiger partial charge in [0.25, 0.3) is 0 Å². The fourth-order valence-corrected chi connectivity index (χ4v) is 4.44. The summed E-state index contributed by atoms with van der Waals surface area (Å²) in [4.78, 5) is 2.63. The van der Waals surface area contributed by atoms with Gasteiger partial charge in [-0.05, 0) is 32.7 Å². The van der Waals surface area contributed by atoms with Crippen molar-refractivity contribution in [3.05, 3.63) is 0 Å². The van der Waals surface area contributed by atoms with Crippen molar-refractivity contribution >= 4 is 7.85 Å². The molecule has 2 nitrogen and oxygen atoms in total. The lowest BCUT2D eigenvalue weighted by Gasteiger charge is -2.37. The van der Waals surface area contributed by atoms with Crippen LogP contribution >= 0.6 is 0 Å². The van der Waals surface area contributed by atoms with Gasteiger partial charge in [0, 0.05) is 18.7 Å². The summed E-state index contributed by atoms with van der Waals surface area (Å²) in [6.45, 7) is 5.71. The number of hydrogen-bond donors (Lipinski definition) is 0. The van der Waals surface area contributed by atoms with Crippen molar-refractivity contribution in [2.45, 2.75) is 69.3 Å². The van der Waals surface area contributed by atoms with Gasteiger partial charge in [0.15, 0.2) is 0 Å². The highest BCUT2D eigenvalue weighted by Crippen LogP contribution is 2.48. The molecule has 0 radical (unpaired) electrons. The highest BCUT2D eigenvalue weighted by molar-refractivity contribution is 6.14. The third kappa shape index (κ3) is 2.77. The zero-order valence-corrected chi connectivity index (χ0v) is 13.0. The summed E-state index contributed by atoms with van der Waals surface area (Å²) in [5.74, 6) is 0.866. The Morgan fingerprint density at radius 3 is 2.67 bits per heavy atom. The summed E-state index contributed by atoms with van der Waals surface area (Å²) in [5, 5.41) is 0.530. The van der Waals surface area contributed by atoms with Crippen LogP contribution in [-0.4, -0.2) is 45.1 Å². The van der Waals surface area contributed by atoms with E-state index in [1.54, 1.807) is 0 Å². The van der Waals surface area contributed by atoms with Crippen LogP contribution in [0.5, 0.6) is 0 Å². The lowest BCUT2D eigenvalue weighted by Crippen LogP contribution is -2.45. The Bertz CT molecular complexity index is 294. The van der Waals surface area contributed by atoms with Gasteiger partial charge in [-0.3, -0.25) is 4.90 Å². The van der Waals surface area contributed by atoms with Crippen LogP contribution in [0.1, 0.15) is 52.4 Å². The average molecular weight is 251 g/mol. The summed E-state index contributed by atoms with van der Waals surface area (Å²) in [6.07, 6.45) is 8.30. The molecule has 3 heteroatoms. The average Bonchev–Trinajstić information content (AvgIpc) is 2.45. The molecule has 0 spiro atoms. The zero-order chi connectivity index (χ0) is 13.4. The van der Waals surface area contributed by atoms with Crippen LogP contribution in [0.2, 0.25) is 5.31 Å². The highest BCUT2D eigenvalue weighted by Gasteiger charge is 2.47. The van der Waals surface area contributed by atoms with Crippen LogP contribution in [0, 0.1) is 5.92 Å². The summed E-state index contributed by atoms with van der Waals surface area (Å²) in [5.41, 5.74) is 0.254. The smallest absolute Gasteiger partial charge is 0.109 e. The number of fused-ring (bicyclic) bond motifs is 1. The van der Waals surface area contributed by atoms with Gasteiger partial charge in [0.05, 0.1) is 6.61 Å². The maximum absolute atomic E-state index is 5.48. The lowest BCUT2D eigenvalue weighted by molar-refractivity contribution is 0.0469. The Labute approximate surface area is 114 Å². The van der Waals surface area contributed by atoms with Gasteiger partial charge < -0.3 is 4.74 Å². The van der Waals surface area contributed by atoms with Gasteiger partial charge in [-0.2, -0.15) is 0 Å². The maximum Gasteiger partial charge on any atom is 0.109 e. The molecular formula is C15H30BNO. The van der Waals surface area contributed by atoms with E-state index >= 15 is 0 Å². The van der Waals surface area contributed by atoms with Gasteiger partial charge in [-0.25, -0.2) is 0 Å². The second-order valence-corrected chi connectivity index (χ2v) is 7.69. The van der Waals surface area contributed by atoms with E-state index in [1.807, 2.05) is 7.11 Å². The molecule has 0 aromatic rings. The predicted molar refractivity (Wildman–Crippen MR) is 79.9 cm³/mol. The first-order chi connectivity index (χ1) is 8.38. The summed E-state index contributed by atoms with van der Waals surface area (Å²) in [7, 11) is 6.61. The molecule has 1 aliphatic heterocycles. The van der Waals surface area contributed by atoms with Crippen molar-refractivity contribution in [1.29, 1.82) is 0 Å². The minimum absolute atomic E-state index is 0.254. The summed E-state index contributed by atoms with van der Waals surface area (Å²) >= 11 is 0. The molecule has 18 heavy (non-hydrogen) atoms. The van der Waals surface area contributed by atoms with E-state index in [0.717, 1.165) is 18.6 Å². The first-order valence-electron chi connectivity index (χ1n) is 7.60. The fraction of sp³-hybridized carbons (Fsp3) is 1.00. The number of ether oxygens (including phenoxy) is 1. The Morgan fingerprint density at radius 1 is 1.28 bits per heavy atom. The number of likely N-dealkylation sites (N-methyl/N-ethyl adjacent to an activating group) is 1. The summed E-state index contributed by atoms with van der Waals surface area (Å²) < 4.78 is 5.48. The second-order valence-electron chi connectivity index (χ2n) is 7.69. The third-order valence-corrected chi connectivity index (χ3v) is 5.47. The second kappa shape index (κ2) is 5.17. The normalized spacial score (nSPS) is 46.4. The van der Waals surface area contributed by atoms with Crippen molar-refractivity contribution in [3.63, 3.8) is 0 Å². The van der Waals surface area contributed by atoms with Crippen molar-refractivity contribution in [1.82, 2.24) is 4.90 Å². The molecule has 0 bridgehead atoms. The van der Waals surface area contributed by atoms with Crippen LogP contribution in [-0.2, 0) is 4.74 Å². The van der Waals surface area contributed by atoms with Crippen LogP contribution in [0.15, 0.2) is 0 Å². The van der Waals surface area contributed by atoms with Gasteiger partial charge in [-0.1, -0.05) is 37.9 Å². The minimum Gasteiger partial charge on any atom is -0.383 e. The Hall–Kier alpha value is -0.0151. The standard InChI is InChI=1S/C15H30BNO/c1-14(16)8-6-5-7-13-12(9-14)10-15(2,11-18-4)17(13)3/h12-13H,5-11,16H2,1-4H3. The molecule has 4 unspecified atom stereocenters. The molecule has 1 saturated carbocycles. The number of rotatable bonds is 2. The number of methoxy groups -OCH3 is 1. The maximum atomic E-state index is 5.48. The van der Waals surface area contributed by atoms with Gasteiger partial charge in [0.1, 0.15) is 7.85 Å². The molecule has 4 atom stereocenters. The van der Waals surface area contributed by atoms with E-state index in [0.29, 0.717) is 5.31 Å². The molecule has 1 saturated heterocycles. The van der Waals surface area contributed by atoms with E-state index in [1.165, 1.54) is 38.5 Å².